The van der Waals surface area contributed by atoms with Crippen molar-refractivity contribution < 1.29 is 9.72 Å². The van der Waals surface area contributed by atoms with Crippen molar-refractivity contribution in [3.05, 3.63) is 100 Å². The third kappa shape index (κ3) is 4.07. The summed E-state index contributed by atoms with van der Waals surface area (Å²) in [6, 6.07) is 17.2. The van der Waals surface area contributed by atoms with Crippen LogP contribution in [0.1, 0.15) is 15.9 Å². The summed E-state index contributed by atoms with van der Waals surface area (Å²) in [5, 5.41) is 17.9. The average molecular weight is 399 g/mol. The molecule has 0 aliphatic carbocycles. The van der Waals surface area contributed by atoms with Gasteiger partial charge in [0.1, 0.15) is 5.52 Å². The lowest BCUT2D eigenvalue weighted by atomic mass is 10.1. The molecule has 1 amide bonds. The fourth-order valence-corrected chi connectivity index (χ4v) is 3.12. The van der Waals surface area contributed by atoms with Crippen molar-refractivity contribution in [2.75, 3.05) is 10.6 Å². The Morgan fingerprint density at radius 3 is 2.63 bits per heavy atom. The van der Waals surface area contributed by atoms with Crippen LogP contribution < -0.4 is 10.6 Å². The summed E-state index contributed by atoms with van der Waals surface area (Å²) in [6.07, 6.45) is 4.74. The van der Waals surface area contributed by atoms with Crippen molar-refractivity contribution in [3.8, 4) is 0 Å². The van der Waals surface area contributed by atoms with Crippen molar-refractivity contribution in [1.82, 2.24) is 9.97 Å². The van der Waals surface area contributed by atoms with E-state index in [-0.39, 0.29) is 11.6 Å². The Morgan fingerprint density at radius 1 is 1.00 bits per heavy atom. The molecule has 0 spiro atoms. The van der Waals surface area contributed by atoms with Gasteiger partial charge in [0.2, 0.25) is 0 Å². The van der Waals surface area contributed by atoms with Crippen molar-refractivity contribution in [1.29, 1.82) is 0 Å². The van der Waals surface area contributed by atoms with E-state index in [1.807, 2.05) is 24.3 Å². The molecule has 0 bridgehead atoms. The maximum atomic E-state index is 12.3. The van der Waals surface area contributed by atoms with Gasteiger partial charge in [-0.25, -0.2) is 0 Å². The molecule has 30 heavy (non-hydrogen) atoms. The molecule has 8 nitrogen and oxygen atoms in total. The smallest absolute Gasteiger partial charge is 0.278 e. The maximum absolute atomic E-state index is 12.3. The van der Waals surface area contributed by atoms with E-state index in [2.05, 4.69) is 20.6 Å². The van der Waals surface area contributed by atoms with Crippen LogP contribution in [0.3, 0.4) is 0 Å². The van der Waals surface area contributed by atoms with Crippen molar-refractivity contribution in [3.63, 3.8) is 0 Å². The van der Waals surface area contributed by atoms with E-state index in [1.165, 1.54) is 6.07 Å². The fraction of sp³-hybridized carbons (Fsp3) is 0.0455. The number of nitro groups is 1. The summed E-state index contributed by atoms with van der Waals surface area (Å²) in [4.78, 5) is 31.4. The van der Waals surface area contributed by atoms with E-state index in [9.17, 15) is 14.9 Å². The van der Waals surface area contributed by atoms with E-state index in [4.69, 9.17) is 0 Å². The van der Waals surface area contributed by atoms with Crippen LogP contribution in [0, 0.1) is 10.1 Å². The lowest BCUT2D eigenvalue weighted by molar-refractivity contribution is -0.383. The van der Waals surface area contributed by atoms with Gasteiger partial charge in [0.15, 0.2) is 0 Å². The predicted molar refractivity (Wildman–Crippen MR) is 114 cm³/mol. The van der Waals surface area contributed by atoms with E-state index < -0.39 is 4.92 Å². The Morgan fingerprint density at radius 2 is 1.83 bits per heavy atom. The monoisotopic (exact) mass is 399 g/mol. The molecular weight excluding hydrogens is 382 g/mol. The highest BCUT2D eigenvalue weighted by Crippen LogP contribution is 2.30. The third-order valence-electron chi connectivity index (χ3n) is 4.55. The molecule has 0 radical (unpaired) electrons. The number of hydrogen-bond acceptors (Lipinski definition) is 6. The Kier molecular flexibility index (Phi) is 5.29. The molecule has 4 rings (SSSR count). The molecular formula is C22H17N5O3. The summed E-state index contributed by atoms with van der Waals surface area (Å²) in [7, 11) is 0. The number of hydrogen-bond donors (Lipinski definition) is 2. The minimum absolute atomic E-state index is 0.0180. The number of amides is 1. The highest BCUT2D eigenvalue weighted by atomic mass is 16.6. The topological polar surface area (TPSA) is 110 Å². The molecule has 2 N–H and O–H groups in total. The molecule has 2 aromatic carbocycles. The summed E-state index contributed by atoms with van der Waals surface area (Å²) < 4.78 is 0. The van der Waals surface area contributed by atoms with Gasteiger partial charge in [0, 0.05) is 42.5 Å². The second-order valence-corrected chi connectivity index (χ2v) is 6.53. The second kappa shape index (κ2) is 8.36. The molecule has 0 saturated heterocycles. The SMILES string of the molecule is O=C(Nc1cccc(CNc2ccc([N+](=O)[O-])c3cccnc23)c1)c1ccncc1. The van der Waals surface area contributed by atoms with Gasteiger partial charge in [0.25, 0.3) is 11.6 Å². The van der Waals surface area contributed by atoms with E-state index in [0.717, 1.165) is 5.56 Å². The third-order valence-corrected chi connectivity index (χ3v) is 4.55. The zero-order chi connectivity index (χ0) is 20.9. The predicted octanol–water partition coefficient (Wildman–Crippen LogP) is 4.40. The highest BCUT2D eigenvalue weighted by Gasteiger charge is 2.14. The van der Waals surface area contributed by atoms with Gasteiger partial charge >= 0.3 is 0 Å². The average Bonchev–Trinajstić information content (AvgIpc) is 2.78. The summed E-state index contributed by atoms with van der Waals surface area (Å²) >= 11 is 0. The van der Waals surface area contributed by atoms with Crippen molar-refractivity contribution in [2.24, 2.45) is 0 Å². The molecule has 2 heterocycles. The number of aromatic nitrogens is 2. The Balaban J connectivity index is 1.51. The molecule has 148 valence electrons. The minimum Gasteiger partial charge on any atom is -0.379 e. The number of nitrogens with zero attached hydrogens (tertiary/aromatic N) is 3. The molecule has 4 aromatic rings. The number of rotatable bonds is 6. The second-order valence-electron chi connectivity index (χ2n) is 6.53. The van der Waals surface area contributed by atoms with Gasteiger partial charge in [0.05, 0.1) is 16.0 Å². The molecule has 0 saturated carbocycles. The first-order chi connectivity index (χ1) is 14.6. The van der Waals surface area contributed by atoms with E-state index in [0.29, 0.717) is 34.4 Å². The van der Waals surface area contributed by atoms with Gasteiger partial charge in [-0.3, -0.25) is 24.9 Å². The van der Waals surface area contributed by atoms with Crippen molar-refractivity contribution in [2.45, 2.75) is 6.54 Å². The highest BCUT2D eigenvalue weighted by molar-refractivity contribution is 6.04. The van der Waals surface area contributed by atoms with Gasteiger partial charge in [-0.15, -0.1) is 0 Å². The Bertz CT molecular complexity index is 1230. The van der Waals surface area contributed by atoms with Gasteiger partial charge in [-0.2, -0.15) is 0 Å². The number of anilines is 2. The number of pyridine rings is 2. The molecule has 0 aliphatic heterocycles. The first kappa shape index (κ1) is 19.0. The minimum atomic E-state index is -0.414. The van der Waals surface area contributed by atoms with Crippen LogP contribution in [0.25, 0.3) is 10.9 Å². The van der Waals surface area contributed by atoms with Crippen LogP contribution in [0.2, 0.25) is 0 Å². The number of nitrogens with one attached hydrogen (secondary N) is 2. The lowest BCUT2D eigenvalue weighted by Crippen LogP contribution is -2.12. The number of nitro benzene ring substituents is 1. The summed E-state index contributed by atoms with van der Waals surface area (Å²) in [5.74, 6) is -0.215. The number of non-ortho nitro benzene ring substituents is 1. The lowest BCUT2D eigenvalue weighted by Gasteiger charge is -2.11. The quantitative estimate of drug-likeness (QED) is 0.367. The number of carbonyl (C=O) groups excluding carboxylic acids is 1. The molecule has 0 aliphatic rings. The normalized spacial score (nSPS) is 10.5. The van der Waals surface area contributed by atoms with Crippen LogP contribution >= 0.6 is 0 Å². The van der Waals surface area contributed by atoms with Crippen LogP contribution in [-0.2, 0) is 6.54 Å². The zero-order valence-electron chi connectivity index (χ0n) is 15.8. The first-order valence-electron chi connectivity index (χ1n) is 9.18. The van der Waals surface area contributed by atoms with Crippen LogP contribution in [-0.4, -0.2) is 20.8 Å². The van der Waals surface area contributed by atoms with E-state index in [1.54, 1.807) is 48.9 Å². The van der Waals surface area contributed by atoms with Crippen LogP contribution in [0.4, 0.5) is 17.1 Å². The molecule has 0 atom stereocenters. The first-order valence-corrected chi connectivity index (χ1v) is 9.18. The van der Waals surface area contributed by atoms with Crippen LogP contribution in [0.15, 0.2) is 79.3 Å². The maximum Gasteiger partial charge on any atom is 0.278 e. The molecule has 2 aromatic heterocycles. The zero-order valence-corrected chi connectivity index (χ0v) is 15.8. The van der Waals surface area contributed by atoms with Crippen LogP contribution in [0.5, 0.6) is 0 Å². The number of carbonyl (C=O) groups is 1. The molecule has 8 heteroatoms. The Hall–Kier alpha value is -4.33. The standard InChI is InChI=1S/C22H17N5O3/c28-22(16-8-11-23-12-9-16)26-17-4-1-3-15(13-17)14-25-19-6-7-20(27(29)30)18-5-2-10-24-21(18)19/h1-13,25H,14H2,(H,26,28). The number of fused-ring (bicyclic) bond motifs is 1. The van der Waals surface area contributed by atoms with Gasteiger partial charge in [-0.1, -0.05) is 12.1 Å². The summed E-state index contributed by atoms with van der Waals surface area (Å²) in [5.41, 5.74) is 3.38. The van der Waals surface area contributed by atoms with E-state index >= 15 is 0 Å². The number of benzene rings is 2. The molecule has 0 unspecified atom stereocenters. The largest absolute Gasteiger partial charge is 0.379 e. The summed E-state index contributed by atoms with van der Waals surface area (Å²) in [6.45, 7) is 0.461. The Labute approximate surface area is 171 Å². The van der Waals surface area contributed by atoms with Crippen molar-refractivity contribution >= 4 is 33.9 Å². The fourth-order valence-electron chi connectivity index (χ4n) is 3.12. The molecule has 0 fully saturated rings. The van der Waals surface area contributed by atoms with Gasteiger partial charge in [-0.05, 0) is 48.0 Å². The van der Waals surface area contributed by atoms with Gasteiger partial charge < -0.3 is 10.6 Å².